The van der Waals surface area contributed by atoms with Gasteiger partial charge in [0.05, 0.1) is 42.0 Å². The number of aromatic nitrogens is 3. The molecule has 3 aliphatic rings. The normalized spacial score (nSPS) is 19.0. The molecule has 3 aliphatic heterocycles. The first-order valence-corrected chi connectivity index (χ1v) is 15.1. The first-order chi connectivity index (χ1) is 20.4. The fourth-order valence-electron chi connectivity index (χ4n) is 5.70. The standard InChI is InChI=1S/C32H43N5O6/c1-21-27(28(30(39)40)43-31(2,3)4)29-36-14-12-32(5,13-15-36)42-17-9-8-16-41-24-11-7-6-10-22(24)18-26(38)33-20-23-19-25(34-21)37(29)35-23/h6-7,10-11,19,28H,8-9,12-18,20H2,1-5H3,(H,33,38)(H,39,40). The van der Waals surface area contributed by atoms with Crippen molar-refractivity contribution in [3.63, 3.8) is 0 Å². The number of anilines is 1. The number of para-hydroxylation sites is 1. The zero-order chi connectivity index (χ0) is 30.8. The Balaban J connectivity index is 1.55. The van der Waals surface area contributed by atoms with Crippen LogP contribution in [-0.4, -0.2) is 69.1 Å². The average Bonchev–Trinajstić information content (AvgIpc) is 3.34. The van der Waals surface area contributed by atoms with E-state index in [-0.39, 0.29) is 24.5 Å². The molecule has 5 heterocycles. The van der Waals surface area contributed by atoms with Crippen molar-refractivity contribution < 1.29 is 28.9 Å². The number of carbonyl (C=O) groups excluding carboxylic acids is 1. The number of carboxylic acid groups (broad SMARTS) is 1. The van der Waals surface area contributed by atoms with Crippen molar-refractivity contribution >= 4 is 23.3 Å². The van der Waals surface area contributed by atoms with Gasteiger partial charge in [-0.25, -0.2) is 9.78 Å². The largest absolute Gasteiger partial charge is 0.493 e. The van der Waals surface area contributed by atoms with Crippen LogP contribution < -0.4 is 15.0 Å². The number of rotatable bonds is 3. The molecule has 43 heavy (non-hydrogen) atoms. The Hall–Kier alpha value is -3.70. The number of ether oxygens (including phenoxy) is 3. The van der Waals surface area contributed by atoms with Crippen molar-refractivity contribution in [3.05, 3.63) is 52.8 Å². The van der Waals surface area contributed by atoms with Crippen molar-refractivity contribution in [2.75, 3.05) is 31.2 Å². The third kappa shape index (κ3) is 7.27. The predicted molar refractivity (Wildman–Crippen MR) is 161 cm³/mol. The summed E-state index contributed by atoms with van der Waals surface area (Å²) in [6, 6.07) is 9.43. The number of nitrogens with zero attached hydrogens (tertiary/aromatic N) is 4. The molecule has 0 spiro atoms. The van der Waals surface area contributed by atoms with Gasteiger partial charge < -0.3 is 29.5 Å². The summed E-state index contributed by atoms with van der Waals surface area (Å²) in [7, 11) is 0. The van der Waals surface area contributed by atoms with Gasteiger partial charge >= 0.3 is 5.97 Å². The number of hydrogen-bond acceptors (Lipinski definition) is 8. The van der Waals surface area contributed by atoms with Crippen LogP contribution in [0.4, 0.5) is 5.82 Å². The van der Waals surface area contributed by atoms with Gasteiger partial charge in [-0.1, -0.05) is 18.2 Å². The highest BCUT2D eigenvalue weighted by Gasteiger charge is 2.37. The van der Waals surface area contributed by atoms with Crippen LogP contribution in [0.3, 0.4) is 0 Å². The van der Waals surface area contributed by atoms with Crippen LogP contribution in [0.5, 0.6) is 5.75 Å². The molecule has 1 unspecified atom stereocenters. The molecule has 11 heteroatoms. The topological polar surface area (TPSA) is 128 Å². The SMILES string of the molecule is Cc1nc2cc3nn2c(c1C(OC(C)(C)C)C(=O)O)N1CCC(C)(CC1)OCCCCOc1ccccc1CC(=O)NC3. The van der Waals surface area contributed by atoms with Crippen LogP contribution in [0, 0.1) is 6.92 Å². The summed E-state index contributed by atoms with van der Waals surface area (Å²) < 4.78 is 20.2. The smallest absolute Gasteiger partial charge is 0.337 e. The van der Waals surface area contributed by atoms with Gasteiger partial charge in [0, 0.05) is 37.0 Å². The summed E-state index contributed by atoms with van der Waals surface area (Å²) in [6.45, 7) is 12.1. The molecule has 1 aromatic carbocycles. The Kier molecular flexibility index (Phi) is 8.94. The average molecular weight is 594 g/mol. The maximum Gasteiger partial charge on any atom is 0.337 e. The summed E-state index contributed by atoms with van der Waals surface area (Å²) in [6.07, 6.45) is 2.16. The molecule has 3 aromatic rings. The number of carboxylic acids is 1. The maximum absolute atomic E-state index is 13.0. The molecule has 4 bridgehead atoms. The zero-order valence-corrected chi connectivity index (χ0v) is 25.8. The van der Waals surface area contributed by atoms with Crippen LogP contribution in [-0.2, 0) is 32.0 Å². The van der Waals surface area contributed by atoms with E-state index >= 15 is 0 Å². The highest BCUT2D eigenvalue weighted by Crippen LogP contribution is 2.37. The lowest BCUT2D eigenvalue weighted by Gasteiger charge is -2.41. The fourth-order valence-corrected chi connectivity index (χ4v) is 5.70. The van der Waals surface area contributed by atoms with Crippen molar-refractivity contribution in [2.45, 2.75) is 90.6 Å². The second-order valence-electron chi connectivity index (χ2n) is 12.7. The summed E-state index contributed by atoms with van der Waals surface area (Å²) in [5, 5.41) is 18.1. The molecule has 1 fully saturated rings. The molecule has 0 saturated carbocycles. The Morgan fingerprint density at radius 1 is 1.16 bits per heavy atom. The van der Waals surface area contributed by atoms with E-state index in [9.17, 15) is 14.7 Å². The number of piperidine rings is 1. The van der Waals surface area contributed by atoms with Gasteiger partial charge in [0.15, 0.2) is 11.8 Å². The highest BCUT2D eigenvalue weighted by atomic mass is 16.5. The van der Waals surface area contributed by atoms with E-state index in [0.717, 1.165) is 31.2 Å². The van der Waals surface area contributed by atoms with E-state index in [4.69, 9.17) is 24.3 Å². The lowest BCUT2D eigenvalue weighted by molar-refractivity contribution is -0.160. The molecular formula is C32H43N5O6. The summed E-state index contributed by atoms with van der Waals surface area (Å²) >= 11 is 0. The molecule has 2 aromatic heterocycles. The summed E-state index contributed by atoms with van der Waals surface area (Å²) in [4.78, 5) is 32.5. The van der Waals surface area contributed by atoms with Gasteiger partial charge in [-0.2, -0.15) is 9.61 Å². The number of fused-ring (bicyclic) bond motifs is 10. The van der Waals surface area contributed by atoms with Crippen molar-refractivity contribution in [2.24, 2.45) is 0 Å². The summed E-state index contributed by atoms with van der Waals surface area (Å²) in [5.74, 6) is 0.123. The molecule has 0 radical (unpaired) electrons. The van der Waals surface area contributed by atoms with Gasteiger partial charge in [-0.3, -0.25) is 4.79 Å². The maximum atomic E-state index is 13.0. The monoisotopic (exact) mass is 593 g/mol. The molecule has 1 saturated heterocycles. The zero-order valence-electron chi connectivity index (χ0n) is 25.8. The Labute approximate surface area is 252 Å². The summed E-state index contributed by atoms with van der Waals surface area (Å²) in [5.41, 5.74) is 2.06. The van der Waals surface area contributed by atoms with Crippen LogP contribution in [0.2, 0.25) is 0 Å². The minimum absolute atomic E-state index is 0.152. The van der Waals surface area contributed by atoms with E-state index in [1.54, 1.807) is 4.52 Å². The fraction of sp³-hybridized carbons (Fsp3) is 0.562. The number of aliphatic carboxylic acids is 1. The molecule has 11 nitrogen and oxygen atoms in total. The second-order valence-corrected chi connectivity index (χ2v) is 12.7. The van der Waals surface area contributed by atoms with Crippen LogP contribution in [0.1, 0.15) is 82.0 Å². The van der Waals surface area contributed by atoms with E-state index in [0.29, 0.717) is 60.5 Å². The van der Waals surface area contributed by atoms with Crippen molar-refractivity contribution in [1.29, 1.82) is 0 Å². The number of carbonyl (C=O) groups is 2. The molecule has 6 rings (SSSR count). The molecule has 0 aliphatic carbocycles. The quantitative estimate of drug-likeness (QED) is 0.455. The molecular weight excluding hydrogens is 550 g/mol. The minimum Gasteiger partial charge on any atom is -0.493 e. The first-order valence-electron chi connectivity index (χ1n) is 15.1. The van der Waals surface area contributed by atoms with Crippen LogP contribution in [0.15, 0.2) is 30.3 Å². The first kappa shape index (κ1) is 30.7. The van der Waals surface area contributed by atoms with E-state index in [1.165, 1.54) is 0 Å². The number of benzene rings is 1. The third-order valence-electron chi connectivity index (χ3n) is 7.97. The van der Waals surface area contributed by atoms with Crippen molar-refractivity contribution in [3.8, 4) is 5.75 Å². The predicted octanol–water partition coefficient (Wildman–Crippen LogP) is 4.39. The van der Waals surface area contributed by atoms with E-state index < -0.39 is 17.7 Å². The van der Waals surface area contributed by atoms with Crippen molar-refractivity contribution in [1.82, 2.24) is 19.9 Å². The third-order valence-corrected chi connectivity index (χ3v) is 7.97. The molecule has 1 atom stereocenters. The van der Waals surface area contributed by atoms with Crippen LogP contribution >= 0.6 is 0 Å². The minimum atomic E-state index is -1.24. The van der Waals surface area contributed by atoms with Gasteiger partial charge in [0.1, 0.15) is 11.6 Å². The Morgan fingerprint density at radius 2 is 1.88 bits per heavy atom. The highest BCUT2D eigenvalue weighted by molar-refractivity contribution is 5.80. The second kappa shape index (κ2) is 12.5. The lowest BCUT2D eigenvalue weighted by Crippen LogP contribution is -2.46. The molecule has 232 valence electrons. The van der Waals surface area contributed by atoms with E-state index in [1.807, 2.05) is 58.0 Å². The number of nitrogens with one attached hydrogen (secondary N) is 1. The molecule has 1 amide bonds. The number of amides is 1. The lowest BCUT2D eigenvalue weighted by atomic mass is 9.92. The van der Waals surface area contributed by atoms with Gasteiger partial charge in [-0.15, -0.1) is 0 Å². The van der Waals surface area contributed by atoms with E-state index in [2.05, 4.69) is 17.1 Å². The number of aryl methyl sites for hydroxylation is 1. The Morgan fingerprint density at radius 3 is 2.60 bits per heavy atom. The Bertz CT molecular complexity index is 1470. The van der Waals surface area contributed by atoms with Gasteiger partial charge in [0.2, 0.25) is 5.91 Å². The molecule has 2 N–H and O–H groups in total. The number of hydrogen-bond donors (Lipinski definition) is 2. The van der Waals surface area contributed by atoms with Crippen LogP contribution in [0.25, 0.3) is 5.65 Å². The van der Waals surface area contributed by atoms with Gasteiger partial charge in [-0.05, 0) is 66.4 Å². The van der Waals surface area contributed by atoms with Gasteiger partial charge in [0.25, 0.3) is 0 Å².